The van der Waals surface area contributed by atoms with E-state index in [9.17, 15) is 18.5 Å². The van der Waals surface area contributed by atoms with Crippen molar-refractivity contribution in [2.24, 2.45) is 0 Å². The lowest BCUT2D eigenvalue weighted by Crippen LogP contribution is -2.33. The second-order valence-corrected chi connectivity index (χ2v) is 6.27. The van der Waals surface area contributed by atoms with Crippen LogP contribution in [0.5, 0.6) is 0 Å². The van der Waals surface area contributed by atoms with Crippen molar-refractivity contribution in [1.29, 1.82) is 5.26 Å². The molecule has 0 amide bonds. The average molecular weight is 333 g/mol. The van der Waals surface area contributed by atoms with E-state index in [4.69, 9.17) is 14.9 Å². The van der Waals surface area contributed by atoms with Crippen LogP contribution in [-0.2, 0) is 13.8 Å². The number of nitriles is 1. The molecule has 1 aliphatic heterocycles. The summed E-state index contributed by atoms with van der Waals surface area (Å²) >= 11 is 0. The van der Waals surface area contributed by atoms with Crippen molar-refractivity contribution in [2.45, 2.75) is 31.8 Å². The van der Waals surface area contributed by atoms with E-state index in [-0.39, 0.29) is 12.0 Å². The summed E-state index contributed by atoms with van der Waals surface area (Å²) in [6.07, 6.45) is -2.68. The van der Waals surface area contributed by atoms with Crippen LogP contribution in [0.4, 0.5) is 4.39 Å². The van der Waals surface area contributed by atoms with E-state index in [0.717, 1.165) is 10.4 Å². The van der Waals surface area contributed by atoms with Crippen LogP contribution in [0, 0.1) is 18.0 Å². The summed E-state index contributed by atoms with van der Waals surface area (Å²) in [5.41, 5.74) is -1.05. The van der Waals surface area contributed by atoms with Gasteiger partial charge < -0.3 is 9.63 Å². The number of ether oxygens (including phenoxy) is 1. The Morgan fingerprint density at radius 2 is 2.36 bits per heavy atom. The van der Waals surface area contributed by atoms with Gasteiger partial charge in [-0.3, -0.25) is 18.9 Å². The summed E-state index contributed by atoms with van der Waals surface area (Å²) < 4.78 is 35.6. The number of rotatable bonds is 4. The van der Waals surface area contributed by atoms with E-state index in [0.29, 0.717) is 0 Å². The Kier molecular flexibility index (Phi) is 4.63. The number of H-pyrrole nitrogens is 1. The zero-order valence-electron chi connectivity index (χ0n) is 11.4. The van der Waals surface area contributed by atoms with Crippen LogP contribution < -0.4 is 11.2 Å². The van der Waals surface area contributed by atoms with Crippen LogP contribution in [0.2, 0.25) is 0 Å². The van der Waals surface area contributed by atoms with E-state index >= 15 is 0 Å². The lowest BCUT2D eigenvalue weighted by molar-refractivity contribution is -0.0317. The molecule has 0 saturated carbocycles. The Balaban J connectivity index is 2.13. The molecule has 0 aromatic carbocycles. The molecular formula is C11H13FN3O6P. The quantitative estimate of drug-likeness (QED) is 0.749. The molecule has 22 heavy (non-hydrogen) atoms. The van der Waals surface area contributed by atoms with Crippen LogP contribution in [0.15, 0.2) is 15.8 Å². The molecule has 0 spiro atoms. The van der Waals surface area contributed by atoms with Crippen LogP contribution in [-0.4, -0.2) is 33.3 Å². The molecule has 1 unspecified atom stereocenters. The normalized spacial score (nSPS) is 27.3. The smallest absolute Gasteiger partial charge is 0.349 e. The molecule has 2 N–H and O–H groups in total. The number of aromatic nitrogens is 2. The summed E-state index contributed by atoms with van der Waals surface area (Å²) in [4.78, 5) is 34.0. The lowest BCUT2D eigenvalue weighted by Gasteiger charge is -2.16. The minimum absolute atomic E-state index is 0.193. The Morgan fingerprint density at radius 3 is 3.00 bits per heavy atom. The Hall–Kier alpha value is -1.79. The van der Waals surface area contributed by atoms with Crippen molar-refractivity contribution >= 4 is 7.60 Å². The van der Waals surface area contributed by atoms with Crippen LogP contribution in [0.1, 0.15) is 18.2 Å². The van der Waals surface area contributed by atoms with E-state index in [1.807, 2.05) is 0 Å². The minimum Gasteiger partial charge on any atom is -0.349 e. The lowest BCUT2D eigenvalue weighted by atomic mass is 10.2. The van der Waals surface area contributed by atoms with E-state index in [1.165, 1.54) is 13.1 Å². The maximum Gasteiger partial charge on any atom is 0.429 e. The predicted octanol–water partition coefficient (Wildman–Crippen LogP) is 0.154. The second kappa shape index (κ2) is 6.14. The number of aryl methyl sites for hydroxylation is 1. The highest BCUT2D eigenvalue weighted by Gasteiger charge is 2.38. The highest BCUT2D eigenvalue weighted by Crippen LogP contribution is 2.41. The molecule has 0 bridgehead atoms. The molecule has 2 rings (SSSR count). The van der Waals surface area contributed by atoms with Crippen molar-refractivity contribution in [1.82, 2.24) is 9.55 Å². The van der Waals surface area contributed by atoms with Gasteiger partial charge in [0.1, 0.15) is 18.5 Å². The molecule has 1 fully saturated rings. The van der Waals surface area contributed by atoms with Gasteiger partial charge in [0.2, 0.25) is 0 Å². The molecule has 1 saturated heterocycles. The standard InChI is InChI=1S/C11H13FN3O6P/c1-6-3-15(11(17)14-10(6)16)9-2-7(12)8(21-9)4-20-22(18,19)5-13/h3,7-9H,2,4H2,1H3,(H,18,19)(H,14,16,17)/t7-,8+,9+/m0/s1. The van der Waals surface area contributed by atoms with Gasteiger partial charge in [-0.1, -0.05) is 0 Å². The highest BCUT2D eigenvalue weighted by molar-refractivity contribution is 7.58. The number of hydrogen-bond donors (Lipinski definition) is 2. The largest absolute Gasteiger partial charge is 0.429 e. The van der Waals surface area contributed by atoms with E-state index in [2.05, 4.69) is 9.51 Å². The molecule has 1 aliphatic rings. The first-order chi connectivity index (χ1) is 10.2. The molecule has 1 aromatic heterocycles. The van der Waals surface area contributed by atoms with Crippen molar-refractivity contribution in [2.75, 3.05) is 6.61 Å². The third-order valence-corrected chi connectivity index (χ3v) is 3.91. The van der Waals surface area contributed by atoms with Gasteiger partial charge in [0.15, 0.2) is 5.81 Å². The average Bonchev–Trinajstić information content (AvgIpc) is 2.82. The summed E-state index contributed by atoms with van der Waals surface area (Å²) in [5.74, 6) is 1.06. The number of nitrogens with zero attached hydrogens (tertiary/aromatic N) is 2. The maximum atomic E-state index is 13.9. The first-order valence-electron chi connectivity index (χ1n) is 6.24. The van der Waals surface area contributed by atoms with Gasteiger partial charge in [0, 0.05) is 18.2 Å². The third kappa shape index (κ3) is 3.51. The summed E-state index contributed by atoms with van der Waals surface area (Å²) in [6, 6.07) is 0. The molecule has 9 nitrogen and oxygen atoms in total. The highest BCUT2D eigenvalue weighted by atomic mass is 31.2. The van der Waals surface area contributed by atoms with Gasteiger partial charge in [-0.25, -0.2) is 13.8 Å². The van der Waals surface area contributed by atoms with Gasteiger partial charge in [-0.05, 0) is 6.92 Å². The SMILES string of the molecule is Cc1cn([C@H]2C[C@H](F)[C@@H](COP(=O)(O)C#N)O2)c(=O)[nH]c1=O. The second-order valence-electron chi connectivity index (χ2n) is 4.78. The van der Waals surface area contributed by atoms with Crippen molar-refractivity contribution in [3.05, 3.63) is 32.6 Å². The zero-order chi connectivity index (χ0) is 16.5. The molecular weight excluding hydrogens is 320 g/mol. The van der Waals surface area contributed by atoms with Gasteiger partial charge in [0.05, 0.1) is 6.61 Å². The molecule has 0 radical (unpaired) electrons. The van der Waals surface area contributed by atoms with E-state index in [1.54, 1.807) is 0 Å². The van der Waals surface area contributed by atoms with Gasteiger partial charge in [-0.15, -0.1) is 0 Å². The monoisotopic (exact) mass is 333 g/mol. The van der Waals surface area contributed by atoms with Crippen molar-refractivity contribution < 1.29 is 23.1 Å². The number of alkyl halides is 1. The van der Waals surface area contributed by atoms with Crippen molar-refractivity contribution in [3.8, 4) is 5.81 Å². The van der Waals surface area contributed by atoms with Gasteiger partial charge >= 0.3 is 13.3 Å². The maximum absolute atomic E-state index is 13.9. The Morgan fingerprint density at radius 1 is 1.68 bits per heavy atom. The third-order valence-electron chi connectivity index (χ3n) is 3.16. The summed E-state index contributed by atoms with van der Waals surface area (Å²) in [7, 11) is -4.43. The first kappa shape index (κ1) is 16.6. The first-order valence-corrected chi connectivity index (χ1v) is 7.81. The summed E-state index contributed by atoms with van der Waals surface area (Å²) in [5, 5.41) is 8.35. The number of nitrogens with one attached hydrogen (secondary N) is 1. The molecule has 4 atom stereocenters. The number of halogens is 1. The number of aromatic amines is 1. The van der Waals surface area contributed by atoms with E-state index < -0.39 is 44.0 Å². The van der Waals surface area contributed by atoms with Crippen molar-refractivity contribution in [3.63, 3.8) is 0 Å². The van der Waals surface area contributed by atoms with Gasteiger partial charge in [0.25, 0.3) is 5.56 Å². The fourth-order valence-corrected chi connectivity index (χ4v) is 2.42. The fourth-order valence-electron chi connectivity index (χ4n) is 2.01. The van der Waals surface area contributed by atoms with Crippen LogP contribution in [0.25, 0.3) is 0 Å². The topological polar surface area (TPSA) is 134 Å². The molecule has 0 aliphatic carbocycles. The van der Waals surface area contributed by atoms with Crippen LogP contribution in [0.3, 0.4) is 0 Å². The van der Waals surface area contributed by atoms with Gasteiger partial charge in [-0.2, -0.15) is 5.26 Å². The molecule has 11 heteroatoms. The van der Waals surface area contributed by atoms with Crippen LogP contribution >= 0.6 is 7.60 Å². The number of hydrogen-bond acceptors (Lipinski definition) is 6. The molecule has 120 valence electrons. The Labute approximate surface area is 123 Å². The molecule has 2 heterocycles. The summed E-state index contributed by atoms with van der Waals surface area (Å²) in [6.45, 7) is 0.877. The molecule has 1 aromatic rings. The zero-order valence-corrected chi connectivity index (χ0v) is 12.3. The minimum atomic E-state index is -4.43. The predicted molar refractivity (Wildman–Crippen MR) is 70.9 cm³/mol. The Bertz CT molecular complexity index is 768. The fraction of sp³-hybridized carbons (Fsp3) is 0.545.